The van der Waals surface area contributed by atoms with Crippen molar-refractivity contribution in [2.24, 2.45) is 5.73 Å². The van der Waals surface area contributed by atoms with E-state index in [-0.39, 0.29) is 11.2 Å². The van der Waals surface area contributed by atoms with Gasteiger partial charge in [-0.15, -0.1) is 0 Å². The van der Waals surface area contributed by atoms with Crippen molar-refractivity contribution in [2.75, 3.05) is 19.6 Å². The highest BCUT2D eigenvalue weighted by molar-refractivity contribution is 5.75. The van der Waals surface area contributed by atoms with E-state index in [0.717, 1.165) is 37.2 Å². The zero-order chi connectivity index (χ0) is 17.7. The van der Waals surface area contributed by atoms with Gasteiger partial charge in [0.25, 0.3) is 0 Å². The number of nitrogens with one attached hydrogen (secondary N) is 2. The number of aromatic amines is 1. The van der Waals surface area contributed by atoms with Crippen LogP contribution in [0.15, 0.2) is 42.6 Å². The molecule has 0 amide bonds. The van der Waals surface area contributed by atoms with Crippen molar-refractivity contribution in [1.82, 2.24) is 15.3 Å². The SMILES string of the molecule is NCC1(c2cc3c([nH]2)-c2cc(-c4cccc(F)c4)ncc2CC3)CNC1. The molecule has 1 aliphatic carbocycles. The summed E-state index contributed by atoms with van der Waals surface area (Å²) in [7, 11) is 0. The zero-order valence-corrected chi connectivity index (χ0v) is 14.5. The van der Waals surface area contributed by atoms with Gasteiger partial charge in [-0.3, -0.25) is 4.98 Å². The highest BCUT2D eigenvalue weighted by atomic mass is 19.1. The minimum Gasteiger partial charge on any atom is -0.358 e. The molecule has 4 N–H and O–H groups in total. The second-order valence-electron chi connectivity index (χ2n) is 7.41. The number of halogens is 1. The van der Waals surface area contributed by atoms with Crippen LogP contribution in [0, 0.1) is 5.82 Å². The van der Waals surface area contributed by atoms with Crippen molar-refractivity contribution >= 4 is 0 Å². The molecule has 1 aliphatic heterocycles. The van der Waals surface area contributed by atoms with Gasteiger partial charge in [0.2, 0.25) is 0 Å². The number of aromatic nitrogens is 2. The third kappa shape index (κ3) is 2.31. The van der Waals surface area contributed by atoms with Crippen LogP contribution in [-0.2, 0) is 18.3 Å². The lowest BCUT2D eigenvalue weighted by atomic mass is 9.78. The summed E-state index contributed by atoms with van der Waals surface area (Å²) in [4.78, 5) is 8.22. The number of fused-ring (bicyclic) bond motifs is 3. The fraction of sp³-hybridized carbons (Fsp3) is 0.286. The van der Waals surface area contributed by atoms with Crippen LogP contribution in [0.2, 0.25) is 0 Å². The summed E-state index contributed by atoms with van der Waals surface area (Å²) in [6.45, 7) is 2.47. The maximum Gasteiger partial charge on any atom is 0.123 e. The highest BCUT2D eigenvalue weighted by Crippen LogP contribution is 2.38. The fourth-order valence-corrected chi connectivity index (χ4v) is 4.08. The van der Waals surface area contributed by atoms with Gasteiger partial charge in [-0.05, 0) is 48.2 Å². The Morgan fingerprint density at radius 3 is 2.69 bits per heavy atom. The molecule has 4 nitrogen and oxygen atoms in total. The van der Waals surface area contributed by atoms with Gasteiger partial charge in [0.15, 0.2) is 0 Å². The van der Waals surface area contributed by atoms with E-state index in [4.69, 9.17) is 5.73 Å². The third-order valence-corrected chi connectivity index (χ3v) is 5.83. The Morgan fingerprint density at radius 1 is 1.12 bits per heavy atom. The van der Waals surface area contributed by atoms with Gasteiger partial charge in [0.05, 0.1) is 5.69 Å². The zero-order valence-electron chi connectivity index (χ0n) is 14.5. The summed E-state index contributed by atoms with van der Waals surface area (Å²) in [5, 5.41) is 3.34. The minimum atomic E-state index is -0.243. The van der Waals surface area contributed by atoms with Crippen LogP contribution in [0.3, 0.4) is 0 Å². The third-order valence-electron chi connectivity index (χ3n) is 5.83. The average molecular weight is 348 g/mol. The van der Waals surface area contributed by atoms with Gasteiger partial charge in [-0.25, -0.2) is 4.39 Å². The Balaban J connectivity index is 1.60. The molecular weight excluding hydrogens is 327 g/mol. The normalized spacial score (nSPS) is 17.3. The molecule has 1 aromatic carbocycles. The summed E-state index contributed by atoms with van der Waals surface area (Å²) < 4.78 is 13.6. The number of hydrogen-bond acceptors (Lipinski definition) is 3. The number of nitrogens with zero attached hydrogens (tertiary/aromatic N) is 1. The van der Waals surface area contributed by atoms with E-state index >= 15 is 0 Å². The maximum absolute atomic E-state index is 13.6. The molecule has 1 fully saturated rings. The Labute approximate surface area is 151 Å². The molecule has 3 heterocycles. The Bertz CT molecular complexity index is 982. The van der Waals surface area contributed by atoms with E-state index in [1.54, 1.807) is 6.07 Å². The van der Waals surface area contributed by atoms with Crippen molar-refractivity contribution in [3.05, 3.63) is 65.2 Å². The van der Waals surface area contributed by atoms with Crippen LogP contribution in [-0.4, -0.2) is 29.6 Å². The Morgan fingerprint density at radius 2 is 1.96 bits per heavy atom. The van der Waals surface area contributed by atoms with E-state index in [1.807, 2.05) is 12.3 Å². The van der Waals surface area contributed by atoms with Crippen molar-refractivity contribution in [3.8, 4) is 22.5 Å². The molecule has 1 saturated heterocycles. The molecule has 3 aromatic rings. The molecule has 0 saturated carbocycles. The number of H-pyrrole nitrogens is 1. The van der Waals surface area contributed by atoms with Crippen molar-refractivity contribution in [1.29, 1.82) is 0 Å². The molecule has 0 radical (unpaired) electrons. The molecule has 0 bridgehead atoms. The van der Waals surface area contributed by atoms with Gasteiger partial charge in [0.1, 0.15) is 5.82 Å². The fourth-order valence-electron chi connectivity index (χ4n) is 4.08. The first kappa shape index (κ1) is 15.7. The minimum absolute atomic E-state index is 0.0237. The first-order chi connectivity index (χ1) is 12.7. The predicted octanol–water partition coefficient (Wildman–Crippen LogP) is 2.78. The lowest BCUT2D eigenvalue weighted by Crippen LogP contribution is -2.61. The van der Waals surface area contributed by atoms with Crippen LogP contribution < -0.4 is 11.1 Å². The Kier molecular flexibility index (Phi) is 3.48. The number of rotatable bonds is 3. The molecular formula is C21H21FN4. The maximum atomic E-state index is 13.6. The molecule has 2 aromatic heterocycles. The number of nitrogens with two attached hydrogens (primary N) is 1. The van der Waals surface area contributed by atoms with E-state index < -0.39 is 0 Å². The number of hydrogen-bond donors (Lipinski definition) is 3. The number of benzene rings is 1. The summed E-state index contributed by atoms with van der Waals surface area (Å²) in [5.41, 5.74) is 13.8. The first-order valence-electron chi connectivity index (χ1n) is 9.07. The largest absolute Gasteiger partial charge is 0.358 e. The predicted molar refractivity (Wildman–Crippen MR) is 100 cm³/mol. The average Bonchev–Trinajstić information content (AvgIpc) is 3.05. The lowest BCUT2D eigenvalue weighted by molar-refractivity contribution is 0.279. The quantitative estimate of drug-likeness (QED) is 0.682. The van der Waals surface area contributed by atoms with E-state index in [2.05, 4.69) is 27.4 Å². The first-order valence-corrected chi connectivity index (χ1v) is 9.07. The monoisotopic (exact) mass is 348 g/mol. The second-order valence-corrected chi connectivity index (χ2v) is 7.41. The smallest absolute Gasteiger partial charge is 0.123 e. The van der Waals surface area contributed by atoms with Crippen molar-refractivity contribution in [3.63, 3.8) is 0 Å². The van der Waals surface area contributed by atoms with Crippen LogP contribution in [0.4, 0.5) is 4.39 Å². The van der Waals surface area contributed by atoms with E-state index in [9.17, 15) is 4.39 Å². The number of aryl methyl sites for hydroxylation is 2. The molecule has 26 heavy (non-hydrogen) atoms. The molecule has 2 aliphatic rings. The number of pyridine rings is 1. The molecule has 132 valence electrons. The molecule has 0 atom stereocenters. The molecule has 5 heteroatoms. The summed E-state index contributed by atoms with van der Waals surface area (Å²) in [6, 6.07) is 11.0. The van der Waals surface area contributed by atoms with Crippen molar-refractivity contribution < 1.29 is 4.39 Å². The topological polar surface area (TPSA) is 66.7 Å². The molecule has 0 unspecified atom stereocenters. The van der Waals surface area contributed by atoms with Crippen LogP contribution in [0.1, 0.15) is 16.8 Å². The Hall–Kier alpha value is -2.50. The summed E-state index contributed by atoms with van der Waals surface area (Å²) in [5.74, 6) is -0.243. The van der Waals surface area contributed by atoms with Gasteiger partial charge >= 0.3 is 0 Å². The van der Waals surface area contributed by atoms with E-state index in [1.165, 1.54) is 40.2 Å². The summed E-state index contributed by atoms with van der Waals surface area (Å²) in [6.07, 6.45) is 3.92. The van der Waals surface area contributed by atoms with Crippen LogP contribution in [0.5, 0.6) is 0 Å². The highest BCUT2D eigenvalue weighted by Gasteiger charge is 2.39. The van der Waals surface area contributed by atoms with Gasteiger partial charge in [-0.1, -0.05) is 12.1 Å². The van der Waals surface area contributed by atoms with Gasteiger partial charge < -0.3 is 16.0 Å². The lowest BCUT2D eigenvalue weighted by Gasteiger charge is -2.41. The van der Waals surface area contributed by atoms with Crippen LogP contribution in [0.25, 0.3) is 22.5 Å². The van der Waals surface area contributed by atoms with Crippen molar-refractivity contribution in [2.45, 2.75) is 18.3 Å². The second kappa shape index (κ2) is 5.76. The van der Waals surface area contributed by atoms with Gasteiger partial charge in [0, 0.05) is 53.8 Å². The molecule has 0 spiro atoms. The molecule has 5 rings (SSSR count). The van der Waals surface area contributed by atoms with Crippen LogP contribution >= 0.6 is 0 Å². The summed E-state index contributed by atoms with van der Waals surface area (Å²) >= 11 is 0. The standard InChI is InChI=1S/C21H21FN4/c22-16-3-1-2-13(6-16)18-8-17-15(9-25-18)5-4-14-7-19(26-20(14)17)21(10-23)11-24-12-21/h1-3,6-9,24,26H,4-5,10-12,23H2. The van der Waals surface area contributed by atoms with E-state index in [0.29, 0.717) is 6.54 Å². The van der Waals surface area contributed by atoms with Gasteiger partial charge in [-0.2, -0.15) is 0 Å².